The predicted molar refractivity (Wildman–Crippen MR) is 64.3 cm³/mol. The van der Waals surface area contributed by atoms with Crippen molar-refractivity contribution in [3.05, 3.63) is 46.3 Å². The van der Waals surface area contributed by atoms with Gasteiger partial charge in [-0.1, -0.05) is 19.1 Å². The Hall–Kier alpha value is -2.04. The van der Waals surface area contributed by atoms with Crippen molar-refractivity contribution in [2.24, 2.45) is 0 Å². The number of hydrogen-bond donors (Lipinski definition) is 0. The van der Waals surface area contributed by atoms with Gasteiger partial charge in [0.15, 0.2) is 0 Å². The molecule has 1 aromatic heterocycles. The van der Waals surface area contributed by atoms with Crippen molar-refractivity contribution < 1.29 is 4.92 Å². The van der Waals surface area contributed by atoms with Crippen LogP contribution in [0.4, 0.5) is 0 Å². The van der Waals surface area contributed by atoms with Crippen LogP contribution < -0.4 is 0 Å². The number of aromatic nitrogens is 2. The van der Waals surface area contributed by atoms with Crippen molar-refractivity contribution in [2.45, 2.75) is 25.8 Å². The molecule has 0 radical (unpaired) electrons. The van der Waals surface area contributed by atoms with Crippen LogP contribution in [0.25, 0.3) is 11.0 Å². The third kappa shape index (κ3) is 2.55. The Morgan fingerprint density at radius 2 is 2.06 bits per heavy atom. The molecule has 2 rings (SSSR count). The minimum Gasteiger partial charge on any atom is -0.264 e. The predicted octanol–water partition coefficient (Wildman–Crippen LogP) is 2.23. The van der Waals surface area contributed by atoms with Gasteiger partial charge in [-0.2, -0.15) is 0 Å². The number of rotatable bonds is 4. The summed E-state index contributed by atoms with van der Waals surface area (Å²) >= 11 is 0. The van der Waals surface area contributed by atoms with Gasteiger partial charge in [0.2, 0.25) is 6.04 Å². The normalized spacial score (nSPS) is 12.5. The third-order valence-electron chi connectivity index (χ3n) is 2.71. The molecule has 0 amide bonds. The summed E-state index contributed by atoms with van der Waals surface area (Å²) in [6.07, 6.45) is 2.46. The molecule has 0 N–H and O–H groups in total. The van der Waals surface area contributed by atoms with Crippen molar-refractivity contribution in [3.63, 3.8) is 0 Å². The molecule has 0 aliphatic rings. The van der Waals surface area contributed by atoms with Gasteiger partial charge in [0.25, 0.3) is 0 Å². The fourth-order valence-corrected chi connectivity index (χ4v) is 1.70. The van der Waals surface area contributed by atoms with Gasteiger partial charge < -0.3 is 0 Å². The van der Waals surface area contributed by atoms with E-state index in [1.807, 2.05) is 31.2 Å². The van der Waals surface area contributed by atoms with E-state index >= 15 is 0 Å². The molecule has 2 aromatic rings. The summed E-state index contributed by atoms with van der Waals surface area (Å²) in [6.45, 7) is 1.81. The summed E-state index contributed by atoms with van der Waals surface area (Å²) in [6, 6.07) is 6.93. The van der Waals surface area contributed by atoms with Crippen LogP contribution in [0.15, 0.2) is 30.5 Å². The second-order valence-corrected chi connectivity index (χ2v) is 3.90. The van der Waals surface area contributed by atoms with Crippen LogP contribution in [-0.4, -0.2) is 20.9 Å². The SMILES string of the molecule is CCC(Cc1cnc2ccccc2n1)[N+](=O)[O-]. The summed E-state index contributed by atoms with van der Waals surface area (Å²) in [5, 5.41) is 10.8. The largest absolute Gasteiger partial charge is 0.264 e. The highest BCUT2D eigenvalue weighted by molar-refractivity contribution is 5.73. The molecule has 88 valence electrons. The zero-order valence-electron chi connectivity index (χ0n) is 9.54. The summed E-state index contributed by atoms with van der Waals surface area (Å²) in [4.78, 5) is 19.1. The lowest BCUT2D eigenvalue weighted by molar-refractivity contribution is -0.522. The first-order chi connectivity index (χ1) is 8.20. The third-order valence-corrected chi connectivity index (χ3v) is 2.71. The van der Waals surface area contributed by atoms with E-state index in [0.29, 0.717) is 18.5 Å². The maximum absolute atomic E-state index is 10.8. The van der Waals surface area contributed by atoms with Gasteiger partial charge >= 0.3 is 0 Å². The van der Waals surface area contributed by atoms with Gasteiger partial charge in [-0.3, -0.25) is 15.1 Å². The first kappa shape index (κ1) is 11.4. The molecule has 0 bridgehead atoms. The number of fused-ring (bicyclic) bond motifs is 1. The molecule has 1 aromatic carbocycles. The van der Waals surface area contributed by atoms with E-state index in [0.717, 1.165) is 11.0 Å². The lowest BCUT2D eigenvalue weighted by Crippen LogP contribution is -2.21. The molecule has 17 heavy (non-hydrogen) atoms. The van der Waals surface area contributed by atoms with E-state index in [1.54, 1.807) is 6.20 Å². The average molecular weight is 231 g/mol. The minimum atomic E-state index is -0.578. The van der Waals surface area contributed by atoms with Crippen molar-refractivity contribution >= 4 is 11.0 Å². The molecule has 1 atom stereocenters. The molecule has 5 nitrogen and oxygen atoms in total. The molecular formula is C12H13N3O2. The van der Waals surface area contributed by atoms with Gasteiger partial charge in [0, 0.05) is 17.5 Å². The van der Waals surface area contributed by atoms with Crippen molar-refractivity contribution in [3.8, 4) is 0 Å². The quantitative estimate of drug-likeness (QED) is 0.597. The first-order valence-corrected chi connectivity index (χ1v) is 5.55. The Morgan fingerprint density at radius 1 is 1.35 bits per heavy atom. The molecule has 0 spiro atoms. The molecule has 0 saturated heterocycles. The summed E-state index contributed by atoms with van der Waals surface area (Å²) in [5.74, 6) is 0. The molecule has 5 heteroatoms. The fraction of sp³-hybridized carbons (Fsp3) is 0.333. The highest BCUT2D eigenvalue weighted by Crippen LogP contribution is 2.11. The molecule has 1 unspecified atom stereocenters. The Morgan fingerprint density at radius 3 is 2.71 bits per heavy atom. The smallest absolute Gasteiger partial charge is 0.218 e. The van der Waals surface area contributed by atoms with Crippen LogP contribution in [0.5, 0.6) is 0 Å². The van der Waals surface area contributed by atoms with Crippen LogP contribution in [0.2, 0.25) is 0 Å². The van der Waals surface area contributed by atoms with Crippen molar-refractivity contribution in [2.75, 3.05) is 0 Å². The number of benzene rings is 1. The highest BCUT2D eigenvalue weighted by atomic mass is 16.6. The number of para-hydroxylation sites is 2. The standard InChI is InChI=1S/C12H13N3O2/c1-2-10(15(16)17)7-9-8-13-11-5-3-4-6-12(11)14-9/h3-6,8,10H,2,7H2,1H3. The summed E-state index contributed by atoms with van der Waals surface area (Å²) in [5.41, 5.74) is 2.26. The van der Waals surface area contributed by atoms with Crippen LogP contribution in [0.1, 0.15) is 19.0 Å². The van der Waals surface area contributed by atoms with E-state index in [4.69, 9.17) is 0 Å². The summed E-state index contributed by atoms with van der Waals surface area (Å²) < 4.78 is 0. The fourth-order valence-electron chi connectivity index (χ4n) is 1.70. The molecule has 0 saturated carbocycles. The van der Waals surface area contributed by atoms with E-state index < -0.39 is 6.04 Å². The van der Waals surface area contributed by atoms with Crippen LogP contribution in [0, 0.1) is 10.1 Å². The zero-order valence-corrected chi connectivity index (χ0v) is 9.54. The van der Waals surface area contributed by atoms with E-state index in [9.17, 15) is 10.1 Å². The molecule has 1 heterocycles. The van der Waals surface area contributed by atoms with E-state index in [1.165, 1.54) is 0 Å². The van der Waals surface area contributed by atoms with Crippen LogP contribution >= 0.6 is 0 Å². The van der Waals surface area contributed by atoms with Gasteiger partial charge in [-0.25, -0.2) is 4.98 Å². The second kappa shape index (κ2) is 4.86. The van der Waals surface area contributed by atoms with E-state index in [2.05, 4.69) is 9.97 Å². The number of nitro groups is 1. The molecule has 0 aliphatic heterocycles. The van der Waals surface area contributed by atoms with Gasteiger partial charge in [-0.05, 0) is 12.1 Å². The Balaban J connectivity index is 2.27. The number of hydrogen-bond acceptors (Lipinski definition) is 4. The highest BCUT2D eigenvalue weighted by Gasteiger charge is 2.18. The van der Waals surface area contributed by atoms with E-state index in [-0.39, 0.29) is 4.92 Å². The lowest BCUT2D eigenvalue weighted by Gasteiger charge is -2.06. The van der Waals surface area contributed by atoms with Crippen molar-refractivity contribution in [1.29, 1.82) is 0 Å². The van der Waals surface area contributed by atoms with Gasteiger partial charge in [0.05, 0.1) is 23.1 Å². The van der Waals surface area contributed by atoms with Crippen molar-refractivity contribution in [1.82, 2.24) is 9.97 Å². The maximum Gasteiger partial charge on any atom is 0.218 e. The molecular weight excluding hydrogens is 218 g/mol. The zero-order chi connectivity index (χ0) is 12.3. The van der Waals surface area contributed by atoms with Crippen LogP contribution in [-0.2, 0) is 6.42 Å². The maximum atomic E-state index is 10.8. The first-order valence-electron chi connectivity index (χ1n) is 5.55. The Kier molecular flexibility index (Phi) is 3.27. The molecule has 0 fully saturated rings. The van der Waals surface area contributed by atoms with Crippen LogP contribution in [0.3, 0.4) is 0 Å². The minimum absolute atomic E-state index is 0.253. The van der Waals surface area contributed by atoms with Gasteiger partial charge in [-0.15, -0.1) is 0 Å². The lowest BCUT2D eigenvalue weighted by atomic mass is 10.1. The molecule has 0 aliphatic carbocycles. The topological polar surface area (TPSA) is 68.9 Å². The number of nitrogens with zero attached hydrogens (tertiary/aromatic N) is 3. The second-order valence-electron chi connectivity index (χ2n) is 3.90. The monoisotopic (exact) mass is 231 g/mol. The van der Waals surface area contributed by atoms with Gasteiger partial charge in [0.1, 0.15) is 0 Å². The Labute approximate surface area is 98.7 Å². The average Bonchev–Trinajstić information content (AvgIpc) is 2.35. The summed E-state index contributed by atoms with van der Waals surface area (Å²) in [7, 11) is 0. The Bertz CT molecular complexity index is 542.